The van der Waals surface area contributed by atoms with Gasteiger partial charge in [-0.3, -0.25) is 25.6 Å². The molecule has 1 aromatic heterocycles. The van der Waals surface area contributed by atoms with Gasteiger partial charge >= 0.3 is 0 Å². The minimum atomic E-state index is -0.598. The first-order chi connectivity index (χ1) is 13.3. The summed E-state index contributed by atoms with van der Waals surface area (Å²) in [5.41, 5.74) is 7.44. The lowest BCUT2D eigenvalue weighted by Gasteiger charge is -2.29. The Kier molecular flexibility index (Phi) is 7.22. The summed E-state index contributed by atoms with van der Waals surface area (Å²) in [6.45, 7) is 8.02. The Labute approximate surface area is 164 Å². The zero-order valence-corrected chi connectivity index (χ0v) is 16.8. The Hall–Kier alpha value is -2.81. The summed E-state index contributed by atoms with van der Waals surface area (Å²) in [4.78, 5) is 27.8. The van der Waals surface area contributed by atoms with Crippen LogP contribution in [0.1, 0.15) is 45.6 Å². The molecular weight excluding hydrogens is 360 g/mol. The molecule has 0 saturated carbocycles. The average molecular weight is 388 g/mol. The standard InChI is InChI=1S/C19H28N6O3/c1-5-9-19(3,4)10-14(11-25(28)12-26)17(27)22-24-18-20-16-13(2)7-6-8-15(16)21-23-18/h6-8,12,14,28H,5,9-11H2,1-4H3,(H,22,27)(H,20,23,24)/t14-/m1/s1. The second-order valence-corrected chi connectivity index (χ2v) is 7.74. The van der Waals surface area contributed by atoms with Gasteiger partial charge in [-0.2, -0.15) is 0 Å². The molecule has 0 aliphatic rings. The van der Waals surface area contributed by atoms with Crippen molar-refractivity contribution in [2.45, 2.75) is 47.0 Å². The maximum Gasteiger partial charge on any atom is 0.262 e. The fourth-order valence-corrected chi connectivity index (χ4v) is 3.33. The molecule has 28 heavy (non-hydrogen) atoms. The third-order valence-corrected chi connectivity index (χ3v) is 4.61. The predicted molar refractivity (Wildman–Crippen MR) is 105 cm³/mol. The van der Waals surface area contributed by atoms with Crippen molar-refractivity contribution in [1.82, 2.24) is 25.7 Å². The molecule has 3 N–H and O–H groups in total. The first kappa shape index (κ1) is 21.5. The molecule has 0 aliphatic heterocycles. The maximum atomic E-state index is 12.7. The number of anilines is 1. The monoisotopic (exact) mass is 388 g/mol. The lowest BCUT2D eigenvalue weighted by molar-refractivity contribution is -0.155. The van der Waals surface area contributed by atoms with Crippen molar-refractivity contribution < 1.29 is 14.8 Å². The number of benzene rings is 1. The molecule has 0 fully saturated rings. The molecule has 9 heteroatoms. The Morgan fingerprint density at radius 3 is 2.79 bits per heavy atom. The van der Waals surface area contributed by atoms with Crippen LogP contribution in [0, 0.1) is 18.3 Å². The third-order valence-electron chi connectivity index (χ3n) is 4.61. The molecule has 2 aromatic rings. The molecule has 9 nitrogen and oxygen atoms in total. The number of fused-ring (bicyclic) bond motifs is 1. The minimum Gasteiger partial charge on any atom is -0.286 e. The molecule has 1 atom stereocenters. The van der Waals surface area contributed by atoms with Crippen molar-refractivity contribution in [1.29, 1.82) is 0 Å². The van der Waals surface area contributed by atoms with Crippen molar-refractivity contribution in [3.05, 3.63) is 23.8 Å². The Balaban J connectivity index is 2.09. The van der Waals surface area contributed by atoms with Crippen molar-refractivity contribution in [2.75, 3.05) is 12.0 Å². The molecule has 1 aromatic carbocycles. The fraction of sp³-hybridized carbons (Fsp3) is 0.526. The van der Waals surface area contributed by atoms with Gasteiger partial charge in [0.25, 0.3) is 5.95 Å². The number of amides is 2. The number of carbonyl (C=O) groups excluding carboxylic acids is 2. The summed E-state index contributed by atoms with van der Waals surface area (Å²) in [6.07, 6.45) is 2.70. The van der Waals surface area contributed by atoms with Crippen LogP contribution in [0.5, 0.6) is 0 Å². The van der Waals surface area contributed by atoms with Crippen LogP contribution in [-0.2, 0) is 9.59 Å². The first-order valence-corrected chi connectivity index (χ1v) is 9.32. The van der Waals surface area contributed by atoms with Crippen LogP contribution < -0.4 is 10.9 Å². The van der Waals surface area contributed by atoms with Gasteiger partial charge in [-0.15, -0.1) is 10.2 Å². The zero-order chi connectivity index (χ0) is 20.7. The van der Waals surface area contributed by atoms with Crippen LogP contribution in [0.3, 0.4) is 0 Å². The van der Waals surface area contributed by atoms with Gasteiger partial charge in [-0.25, -0.2) is 10.0 Å². The van der Waals surface area contributed by atoms with E-state index in [1.54, 1.807) is 0 Å². The number of carbonyl (C=O) groups is 2. The highest BCUT2D eigenvalue weighted by atomic mass is 16.5. The van der Waals surface area contributed by atoms with E-state index in [0.29, 0.717) is 28.9 Å². The van der Waals surface area contributed by atoms with Gasteiger partial charge in [0, 0.05) is 0 Å². The van der Waals surface area contributed by atoms with E-state index in [2.05, 4.69) is 46.8 Å². The number of hydrazine groups is 1. The highest BCUT2D eigenvalue weighted by Gasteiger charge is 2.29. The summed E-state index contributed by atoms with van der Waals surface area (Å²) < 4.78 is 0. The van der Waals surface area contributed by atoms with E-state index in [1.807, 2.05) is 25.1 Å². The van der Waals surface area contributed by atoms with Crippen LogP contribution in [0.2, 0.25) is 0 Å². The molecule has 152 valence electrons. The van der Waals surface area contributed by atoms with Crippen LogP contribution in [0.4, 0.5) is 5.95 Å². The third kappa shape index (κ3) is 5.85. The summed E-state index contributed by atoms with van der Waals surface area (Å²) in [6, 6.07) is 5.60. The Bertz CT molecular complexity index is 826. The van der Waals surface area contributed by atoms with Crippen molar-refractivity contribution in [3.8, 4) is 0 Å². The van der Waals surface area contributed by atoms with Gasteiger partial charge in [0.1, 0.15) is 5.52 Å². The quantitative estimate of drug-likeness (QED) is 0.325. The number of hydrogen-bond acceptors (Lipinski definition) is 7. The zero-order valence-electron chi connectivity index (χ0n) is 16.8. The number of rotatable bonds is 10. The Morgan fingerprint density at radius 1 is 1.36 bits per heavy atom. The fourth-order valence-electron chi connectivity index (χ4n) is 3.33. The number of para-hydroxylation sites is 1. The molecule has 0 bridgehead atoms. The van der Waals surface area contributed by atoms with Crippen LogP contribution >= 0.6 is 0 Å². The van der Waals surface area contributed by atoms with Crippen molar-refractivity contribution >= 4 is 29.3 Å². The van der Waals surface area contributed by atoms with Crippen molar-refractivity contribution in [2.24, 2.45) is 11.3 Å². The highest BCUT2D eigenvalue weighted by Crippen LogP contribution is 2.31. The van der Waals surface area contributed by atoms with Gasteiger partial charge in [0.05, 0.1) is 18.0 Å². The normalized spacial score (nSPS) is 12.5. The number of aromatic nitrogens is 3. The molecule has 0 unspecified atom stereocenters. The maximum absolute atomic E-state index is 12.7. The van der Waals surface area contributed by atoms with E-state index in [9.17, 15) is 14.8 Å². The summed E-state index contributed by atoms with van der Waals surface area (Å²) in [7, 11) is 0. The Morgan fingerprint density at radius 2 is 2.11 bits per heavy atom. The summed E-state index contributed by atoms with van der Waals surface area (Å²) in [5, 5.41) is 18.1. The van der Waals surface area contributed by atoms with E-state index >= 15 is 0 Å². The minimum absolute atomic E-state index is 0.0971. The van der Waals surface area contributed by atoms with E-state index in [-0.39, 0.29) is 23.8 Å². The van der Waals surface area contributed by atoms with Gasteiger partial charge in [-0.1, -0.05) is 39.3 Å². The largest absolute Gasteiger partial charge is 0.286 e. The number of hydroxylamine groups is 2. The van der Waals surface area contributed by atoms with E-state index in [0.717, 1.165) is 18.4 Å². The molecule has 2 amide bonds. The van der Waals surface area contributed by atoms with E-state index in [1.165, 1.54) is 0 Å². The number of aryl methyl sites for hydroxylation is 1. The molecule has 0 radical (unpaired) electrons. The SMILES string of the molecule is CCCC(C)(C)C[C@H](CN(O)C=O)C(=O)NNc1nnc2cccc(C)c2n1. The van der Waals surface area contributed by atoms with Gasteiger partial charge in [-0.05, 0) is 36.8 Å². The molecule has 1 heterocycles. The lowest BCUT2D eigenvalue weighted by Crippen LogP contribution is -2.42. The van der Waals surface area contributed by atoms with E-state index < -0.39 is 5.92 Å². The molecule has 0 saturated heterocycles. The smallest absolute Gasteiger partial charge is 0.262 e. The number of hydrogen-bond donors (Lipinski definition) is 3. The molecule has 2 rings (SSSR count). The summed E-state index contributed by atoms with van der Waals surface area (Å²) in [5.74, 6) is -0.795. The molecule has 0 spiro atoms. The molecular formula is C19H28N6O3. The topological polar surface area (TPSA) is 120 Å². The van der Waals surface area contributed by atoms with Crippen LogP contribution in [-0.4, -0.2) is 44.3 Å². The number of nitrogens with one attached hydrogen (secondary N) is 2. The first-order valence-electron chi connectivity index (χ1n) is 9.32. The second-order valence-electron chi connectivity index (χ2n) is 7.74. The average Bonchev–Trinajstić information content (AvgIpc) is 2.65. The lowest BCUT2D eigenvalue weighted by atomic mass is 9.79. The summed E-state index contributed by atoms with van der Waals surface area (Å²) >= 11 is 0. The molecule has 0 aliphatic carbocycles. The van der Waals surface area contributed by atoms with Gasteiger partial charge < -0.3 is 0 Å². The van der Waals surface area contributed by atoms with Gasteiger partial charge in [0.15, 0.2) is 0 Å². The predicted octanol–water partition coefficient (Wildman–Crippen LogP) is 2.46. The second kappa shape index (κ2) is 9.41. The van der Waals surface area contributed by atoms with Crippen LogP contribution in [0.25, 0.3) is 11.0 Å². The van der Waals surface area contributed by atoms with Crippen molar-refractivity contribution in [3.63, 3.8) is 0 Å². The van der Waals surface area contributed by atoms with Crippen LogP contribution in [0.15, 0.2) is 18.2 Å². The highest BCUT2D eigenvalue weighted by molar-refractivity contribution is 5.81. The van der Waals surface area contributed by atoms with Gasteiger partial charge in [0.2, 0.25) is 12.3 Å². The number of nitrogens with zero attached hydrogens (tertiary/aromatic N) is 4. The van der Waals surface area contributed by atoms with E-state index in [4.69, 9.17) is 0 Å².